The normalized spacial score (nSPS) is 19.8. The second-order valence-electron chi connectivity index (χ2n) is 9.26. The van der Waals surface area contributed by atoms with Crippen LogP contribution in [0.1, 0.15) is 43.9 Å². The quantitative estimate of drug-likeness (QED) is 0.584. The van der Waals surface area contributed by atoms with Gasteiger partial charge in [0.2, 0.25) is 0 Å². The molecule has 3 aromatic carbocycles. The minimum absolute atomic E-state index is 0.0636. The molecule has 0 saturated carbocycles. The lowest BCUT2D eigenvalue weighted by Crippen LogP contribution is -2.59. The highest BCUT2D eigenvalue weighted by molar-refractivity contribution is 7.90. The molecule has 5 nitrogen and oxygen atoms in total. The number of nitrogens with zero attached hydrogens (tertiary/aromatic N) is 1. The first-order valence-corrected chi connectivity index (χ1v) is 12.1. The first-order chi connectivity index (χ1) is 15.0. The molecule has 0 bridgehead atoms. The molecule has 1 atom stereocenters. The Morgan fingerprint density at radius 3 is 2.12 bits per heavy atom. The van der Waals surface area contributed by atoms with Crippen molar-refractivity contribution in [1.29, 1.82) is 0 Å². The Hall–Kier alpha value is -3.12. The number of benzene rings is 3. The molecular weight excluding hydrogens is 420 g/mol. The Morgan fingerprint density at radius 1 is 0.875 bits per heavy atom. The molecule has 1 aliphatic heterocycles. The van der Waals surface area contributed by atoms with Gasteiger partial charge >= 0.3 is 6.03 Å². The summed E-state index contributed by atoms with van der Waals surface area (Å²) >= 11 is 0. The largest absolute Gasteiger partial charge is 0.336 e. The van der Waals surface area contributed by atoms with Gasteiger partial charge in [0, 0.05) is 11.0 Å². The van der Waals surface area contributed by atoms with Crippen LogP contribution in [0, 0.1) is 6.92 Å². The summed E-state index contributed by atoms with van der Waals surface area (Å²) in [6.45, 7) is 8.01. The van der Waals surface area contributed by atoms with Gasteiger partial charge in [0.05, 0.1) is 10.6 Å². The fourth-order valence-corrected chi connectivity index (χ4v) is 5.82. The minimum Gasteiger partial charge on any atom is -0.288 e. The number of carbonyl (C=O) groups excluding carboxylic acids is 1. The summed E-state index contributed by atoms with van der Waals surface area (Å²) in [6, 6.07) is 23.7. The van der Waals surface area contributed by atoms with Crippen molar-refractivity contribution in [3.8, 4) is 0 Å². The Bertz CT molecular complexity index is 1250. The van der Waals surface area contributed by atoms with E-state index in [1.54, 1.807) is 17.0 Å². The summed E-state index contributed by atoms with van der Waals surface area (Å²) in [7, 11) is -4.00. The Morgan fingerprint density at radius 2 is 1.47 bits per heavy atom. The van der Waals surface area contributed by atoms with Crippen LogP contribution < -0.4 is 9.62 Å². The molecule has 0 radical (unpaired) electrons. The number of urea groups is 1. The summed E-state index contributed by atoms with van der Waals surface area (Å²) in [6.07, 6.45) is 0.638. The van der Waals surface area contributed by atoms with E-state index in [9.17, 15) is 13.2 Å². The van der Waals surface area contributed by atoms with Gasteiger partial charge in [-0.05, 0) is 56.5 Å². The Balaban J connectivity index is 1.76. The standard InChI is InChI=1S/C26H28N2O3S/c1-19-14-16-21(17-15-19)32(30,31)27-24(29)28-23-13-9-8-12-22(23)26(4,18-25(28,2)3)20-10-6-5-7-11-20/h5-17H,18H2,1-4H3,(H,27,29)/t26-/m0/s1. The molecule has 0 unspecified atom stereocenters. The maximum Gasteiger partial charge on any atom is 0.336 e. The molecule has 166 valence electrons. The molecule has 2 amide bonds. The van der Waals surface area contributed by atoms with Crippen molar-refractivity contribution in [2.45, 2.75) is 50.0 Å². The van der Waals surface area contributed by atoms with Gasteiger partial charge in [0.25, 0.3) is 10.0 Å². The maximum absolute atomic E-state index is 13.4. The Labute approximate surface area is 190 Å². The molecule has 0 aromatic heterocycles. The third kappa shape index (κ3) is 3.79. The predicted molar refractivity (Wildman–Crippen MR) is 127 cm³/mol. The zero-order valence-electron chi connectivity index (χ0n) is 18.8. The molecular formula is C26H28N2O3S. The lowest BCUT2D eigenvalue weighted by molar-refractivity contribution is 0.237. The number of amides is 2. The molecule has 32 heavy (non-hydrogen) atoms. The van der Waals surface area contributed by atoms with E-state index in [0.29, 0.717) is 12.1 Å². The molecule has 0 saturated heterocycles. The van der Waals surface area contributed by atoms with Gasteiger partial charge in [-0.1, -0.05) is 73.2 Å². The summed E-state index contributed by atoms with van der Waals surface area (Å²) in [4.78, 5) is 15.1. The molecule has 3 aromatic rings. The average molecular weight is 449 g/mol. The fraction of sp³-hybridized carbons (Fsp3) is 0.269. The van der Waals surface area contributed by atoms with Gasteiger partial charge in [-0.2, -0.15) is 0 Å². The van der Waals surface area contributed by atoms with Gasteiger partial charge in [0.1, 0.15) is 0 Å². The molecule has 4 rings (SSSR count). The van der Waals surface area contributed by atoms with Crippen molar-refractivity contribution < 1.29 is 13.2 Å². The number of rotatable bonds is 3. The Kier molecular flexibility index (Phi) is 5.37. The lowest BCUT2D eigenvalue weighted by atomic mass is 9.65. The summed E-state index contributed by atoms with van der Waals surface area (Å²) in [5.41, 5.74) is 2.86. The van der Waals surface area contributed by atoms with Crippen LogP contribution in [0.5, 0.6) is 0 Å². The van der Waals surface area contributed by atoms with Crippen molar-refractivity contribution in [3.63, 3.8) is 0 Å². The van der Waals surface area contributed by atoms with Crippen LogP contribution in [0.2, 0.25) is 0 Å². The number of para-hydroxylation sites is 1. The lowest BCUT2D eigenvalue weighted by Gasteiger charge is -2.51. The van der Waals surface area contributed by atoms with Crippen LogP contribution in [-0.4, -0.2) is 20.0 Å². The monoisotopic (exact) mass is 448 g/mol. The van der Waals surface area contributed by atoms with Gasteiger partial charge < -0.3 is 0 Å². The fourth-order valence-electron chi connectivity index (χ4n) is 4.89. The topological polar surface area (TPSA) is 66.5 Å². The highest BCUT2D eigenvalue weighted by Gasteiger charge is 2.48. The molecule has 6 heteroatoms. The van der Waals surface area contributed by atoms with Crippen LogP contribution in [-0.2, 0) is 15.4 Å². The summed E-state index contributed by atoms with van der Waals surface area (Å²) in [5.74, 6) is 0. The van der Waals surface area contributed by atoms with E-state index < -0.39 is 21.6 Å². The second kappa shape index (κ2) is 7.78. The van der Waals surface area contributed by atoms with Crippen molar-refractivity contribution in [3.05, 3.63) is 95.6 Å². The zero-order valence-corrected chi connectivity index (χ0v) is 19.6. The first kappa shape index (κ1) is 22.1. The van der Waals surface area contributed by atoms with Gasteiger partial charge in [-0.25, -0.2) is 17.9 Å². The van der Waals surface area contributed by atoms with Crippen LogP contribution >= 0.6 is 0 Å². The number of nitrogens with one attached hydrogen (secondary N) is 1. The van der Waals surface area contributed by atoms with Crippen molar-refractivity contribution in [1.82, 2.24) is 4.72 Å². The number of hydrogen-bond acceptors (Lipinski definition) is 3. The molecule has 1 N–H and O–H groups in total. The average Bonchev–Trinajstić information content (AvgIpc) is 2.73. The van der Waals surface area contributed by atoms with E-state index in [1.165, 1.54) is 12.1 Å². The summed E-state index contributed by atoms with van der Waals surface area (Å²) in [5, 5.41) is 0. The van der Waals surface area contributed by atoms with Crippen molar-refractivity contribution >= 4 is 21.7 Å². The predicted octanol–water partition coefficient (Wildman–Crippen LogP) is 5.39. The third-order valence-electron chi connectivity index (χ3n) is 6.30. The van der Waals surface area contributed by atoms with Crippen LogP contribution in [0.25, 0.3) is 0 Å². The van der Waals surface area contributed by atoms with Crippen LogP contribution in [0.3, 0.4) is 0 Å². The highest BCUT2D eigenvalue weighted by Crippen LogP contribution is 2.50. The zero-order chi connectivity index (χ0) is 23.1. The van der Waals surface area contributed by atoms with Crippen LogP contribution in [0.15, 0.2) is 83.8 Å². The van der Waals surface area contributed by atoms with Crippen molar-refractivity contribution in [2.24, 2.45) is 0 Å². The highest BCUT2D eigenvalue weighted by atomic mass is 32.2. The number of carbonyl (C=O) groups is 1. The van der Waals surface area contributed by atoms with Crippen LogP contribution in [0.4, 0.5) is 10.5 Å². The molecule has 1 aliphatic rings. The van der Waals surface area contributed by atoms with Gasteiger partial charge in [0.15, 0.2) is 0 Å². The number of anilines is 1. The van der Waals surface area contributed by atoms with E-state index in [0.717, 1.165) is 16.7 Å². The number of hydrogen-bond donors (Lipinski definition) is 1. The number of aryl methyl sites for hydroxylation is 1. The van der Waals surface area contributed by atoms with E-state index in [4.69, 9.17) is 0 Å². The SMILES string of the molecule is Cc1ccc(S(=O)(=O)NC(=O)N2c3ccccc3[C@](C)(c3ccccc3)CC2(C)C)cc1. The summed E-state index contributed by atoms with van der Waals surface area (Å²) < 4.78 is 28.1. The molecule has 0 spiro atoms. The maximum atomic E-state index is 13.4. The van der Waals surface area contributed by atoms with E-state index in [-0.39, 0.29) is 10.3 Å². The second-order valence-corrected chi connectivity index (χ2v) is 10.9. The van der Waals surface area contributed by atoms with Gasteiger partial charge in [-0.15, -0.1) is 0 Å². The first-order valence-electron chi connectivity index (χ1n) is 10.6. The van der Waals surface area contributed by atoms with E-state index >= 15 is 0 Å². The molecule has 1 heterocycles. The van der Waals surface area contributed by atoms with Gasteiger partial charge in [-0.3, -0.25) is 4.90 Å². The minimum atomic E-state index is -4.00. The smallest absolute Gasteiger partial charge is 0.288 e. The number of sulfonamides is 1. The third-order valence-corrected chi connectivity index (χ3v) is 7.63. The van der Waals surface area contributed by atoms with Crippen molar-refractivity contribution in [2.75, 3.05) is 4.90 Å². The van der Waals surface area contributed by atoms with E-state index in [1.807, 2.05) is 63.2 Å². The molecule has 0 fully saturated rings. The number of fused-ring (bicyclic) bond motifs is 1. The van der Waals surface area contributed by atoms with E-state index in [2.05, 4.69) is 23.8 Å². The molecule has 0 aliphatic carbocycles.